The summed E-state index contributed by atoms with van der Waals surface area (Å²) in [7, 11) is 1.45. The van der Waals surface area contributed by atoms with E-state index in [4.69, 9.17) is 9.47 Å². The second-order valence-electron chi connectivity index (χ2n) is 7.54. The van der Waals surface area contributed by atoms with Gasteiger partial charge in [0.25, 0.3) is 17.5 Å². The van der Waals surface area contributed by atoms with E-state index in [9.17, 15) is 24.5 Å². The molecule has 1 aliphatic heterocycles. The lowest BCUT2D eigenvalue weighted by atomic mass is 10.1. The first kappa shape index (κ1) is 24.6. The molecule has 0 aliphatic carbocycles. The minimum absolute atomic E-state index is 0.0477. The Labute approximate surface area is 213 Å². The van der Waals surface area contributed by atoms with Crippen LogP contribution < -0.4 is 19.7 Å². The van der Waals surface area contributed by atoms with Gasteiger partial charge >= 0.3 is 6.03 Å². The molecule has 3 aromatic carbocycles. The van der Waals surface area contributed by atoms with E-state index in [1.54, 1.807) is 12.1 Å². The van der Waals surface area contributed by atoms with Crippen LogP contribution in [-0.4, -0.2) is 29.9 Å². The van der Waals surface area contributed by atoms with Gasteiger partial charge in [-0.3, -0.25) is 25.0 Å². The molecule has 4 amide bonds. The van der Waals surface area contributed by atoms with Crippen molar-refractivity contribution in [2.45, 2.75) is 6.61 Å². The summed E-state index contributed by atoms with van der Waals surface area (Å²) >= 11 is 3.44. The fourth-order valence-corrected chi connectivity index (χ4v) is 4.07. The highest BCUT2D eigenvalue weighted by molar-refractivity contribution is 9.10. The Kier molecular flexibility index (Phi) is 7.11. The quantitative estimate of drug-likeness (QED) is 0.196. The molecular weight excluding hydrogens is 534 g/mol. The van der Waals surface area contributed by atoms with E-state index in [-0.39, 0.29) is 23.6 Å². The third-order valence-electron chi connectivity index (χ3n) is 5.19. The summed E-state index contributed by atoms with van der Waals surface area (Å²) in [4.78, 5) is 49.2. The van der Waals surface area contributed by atoms with Crippen molar-refractivity contribution in [1.82, 2.24) is 5.32 Å². The van der Waals surface area contributed by atoms with Gasteiger partial charge in [-0.1, -0.05) is 36.4 Å². The standard InChI is InChI=1S/C25H18BrN3O7/c1-35-21-12-16(11-20(26)22(21)36-14-15-6-3-2-4-7-15)10-19-23(30)27-25(32)28(24(19)31)17-8-5-9-18(13-17)29(33)34/h2-13H,14H2,1H3,(H,27,30,32)/b19-10+. The number of nitro benzene ring substituents is 1. The maximum atomic E-state index is 13.1. The number of anilines is 1. The SMILES string of the molecule is COc1cc(/C=C2\C(=O)NC(=O)N(c3cccc([N+](=O)[O-])c3)C2=O)cc(Br)c1OCc1ccccc1. The van der Waals surface area contributed by atoms with Crippen LogP contribution in [0.4, 0.5) is 16.2 Å². The van der Waals surface area contributed by atoms with Crippen molar-refractivity contribution in [2.75, 3.05) is 12.0 Å². The van der Waals surface area contributed by atoms with Gasteiger partial charge in [0.05, 0.1) is 22.2 Å². The molecule has 0 bridgehead atoms. The average molecular weight is 552 g/mol. The van der Waals surface area contributed by atoms with Crippen molar-refractivity contribution < 1.29 is 28.8 Å². The summed E-state index contributed by atoms with van der Waals surface area (Å²) in [5.74, 6) is -1.05. The summed E-state index contributed by atoms with van der Waals surface area (Å²) in [5, 5.41) is 13.2. The van der Waals surface area contributed by atoms with Crippen LogP contribution >= 0.6 is 15.9 Å². The van der Waals surface area contributed by atoms with Gasteiger partial charge < -0.3 is 9.47 Å². The van der Waals surface area contributed by atoms with Gasteiger partial charge in [-0.05, 0) is 51.3 Å². The van der Waals surface area contributed by atoms with Gasteiger partial charge in [0.15, 0.2) is 11.5 Å². The number of halogens is 1. The minimum Gasteiger partial charge on any atom is -0.493 e. The molecule has 4 rings (SSSR count). The first-order valence-electron chi connectivity index (χ1n) is 10.5. The van der Waals surface area contributed by atoms with E-state index in [2.05, 4.69) is 21.2 Å². The fourth-order valence-electron chi connectivity index (χ4n) is 3.50. The number of urea groups is 1. The summed E-state index contributed by atoms with van der Waals surface area (Å²) in [6, 6.07) is 16.7. The third-order valence-corrected chi connectivity index (χ3v) is 5.78. The summed E-state index contributed by atoms with van der Waals surface area (Å²) in [5.41, 5.74) is 0.669. The first-order chi connectivity index (χ1) is 17.3. The number of amides is 4. The normalized spacial score (nSPS) is 14.6. The predicted molar refractivity (Wildman–Crippen MR) is 134 cm³/mol. The first-order valence-corrected chi connectivity index (χ1v) is 11.3. The number of imide groups is 2. The lowest BCUT2D eigenvalue weighted by Crippen LogP contribution is -2.54. The summed E-state index contributed by atoms with van der Waals surface area (Å²) in [6.45, 7) is 0.289. The number of ether oxygens (including phenoxy) is 2. The molecule has 11 heteroatoms. The van der Waals surface area contributed by atoms with E-state index in [1.165, 1.54) is 31.4 Å². The number of methoxy groups -OCH3 is 1. The highest BCUT2D eigenvalue weighted by Gasteiger charge is 2.37. The number of carbonyl (C=O) groups excluding carboxylic acids is 3. The van der Waals surface area contributed by atoms with Crippen molar-refractivity contribution in [3.63, 3.8) is 0 Å². The van der Waals surface area contributed by atoms with E-state index < -0.39 is 22.8 Å². The summed E-state index contributed by atoms with van der Waals surface area (Å²) in [6.07, 6.45) is 1.29. The van der Waals surface area contributed by atoms with Crippen LogP contribution in [0.2, 0.25) is 0 Å². The number of hydrogen-bond acceptors (Lipinski definition) is 7. The summed E-state index contributed by atoms with van der Waals surface area (Å²) < 4.78 is 11.9. The topological polar surface area (TPSA) is 128 Å². The predicted octanol–water partition coefficient (Wildman–Crippen LogP) is 4.61. The molecular formula is C25H18BrN3O7. The molecule has 0 radical (unpaired) electrons. The highest BCUT2D eigenvalue weighted by Crippen LogP contribution is 2.38. The monoisotopic (exact) mass is 551 g/mol. The van der Waals surface area contributed by atoms with E-state index in [1.807, 2.05) is 30.3 Å². The van der Waals surface area contributed by atoms with Crippen molar-refractivity contribution in [3.8, 4) is 11.5 Å². The molecule has 0 spiro atoms. The molecule has 1 fully saturated rings. The van der Waals surface area contributed by atoms with Crippen LogP contribution in [0.3, 0.4) is 0 Å². The van der Waals surface area contributed by atoms with Crippen LogP contribution in [-0.2, 0) is 16.2 Å². The molecule has 10 nitrogen and oxygen atoms in total. The van der Waals surface area contributed by atoms with Gasteiger partial charge in [-0.15, -0.1) is 0 Å². The number of nitrogens with zero attached hydrogens (tertiary/aromatic N) is 2. The molecule has 0 aromatic heterocycles. The zero-order chi connectivity index (χ0) is 25.8. The fraction of sp³-hybridized carbons (Fsp3) is 0.0800. The zero-order valence-corrected chi connectivity index (χ0v) is 20.4. The number of carbonyl (C=O) groups is 3. The van der Waals surface area contributed by atoms with Crippen molar-refractivity contribution in [2.24, 2.45) is 0 Å². The Morgan fingerprint density at radius 3 is 2.50 bits per heavy atom. The smallest absolute Gasteiger partial charge is 0.335 e. The zero-order valence-electron chi connectivity index (χ0n) is 18.8. The molecule has 182 valence electrons. The number of hydrogen-bond donors (Lipinski definition) is 1. The van der Waals surface area contributed by atoms with Crippen molar-refractivity contribution >= 4 is 51.2 Å². The number of nitrogens with one attached hydrogen (secondary N) is 1. The second-order valence-corrected chi connectivity index (χ2v) is 8.40. The van der Waals surface area contributed by atoms with Gasteiger partial charge in [0.2, 0.25) is 0 Å². The van der Waals surface area contributed by atoms with E-state index >= 15 is 0 Å². The molecule has 0 atom stereocenters. The van der Waals surface area contributed by atoms with Crippen LogP contribution in [0, 0.1) is 10.1 Å². The minimum atomic E-state index is -1.01. The maximum Gasteiger partial charge on any atom is 0.335 e. The molecule has 1 heterocycles. The number of nitro groups is 1. The van der Waals surface area contributed by atoms with Crippen LogP contribution in [0.25, 0.3) is 6.08 Å². The Balaban J connectivity index is 1.66. The number of non-ortho nitro benzene ring substituents is 1. The number of rotatable bonds is 7. The number of benzene rings is 3. The third kappa shape index (κ3) is 5.10. The highest BCUT2D eigenvalue weighted by atomic mass is 79.9. The van der Waals surface area contributed by atoms with Crippen LogP contribution in [0.1, 0.15) is 11.1 Å². The van der Waals surface area contributed by atoms with E-state index in [0.29, 0.717) is 26.4 Å². The Hall–Kier alpha value is -4.51. The molecule has 0 saturated carbocycles. The number of barbiturate groups is 1. The molecule has 3 aromatic rings. The Morgan fingerprint density at radius 2 is 1.81 bits per heavy atom. The largest absolute Gasteiger partial charge is 0.493 e. The molecule has 1 N–H and O–H groups in total. The molecule has 0 unspecified atom stereocenters. The Bertz CT molecular complexity index is 1410. The van der Waals surface area contributed by atoms with Gasteiger partial charge in [0, 0.05) is 12.1 Å². The van der Waals surface area contributed by atoms with Crippen LogP contribution in [0.5, 0.6) is 11.5 Å². The van der Waals surface area contributed by atoms with E-state index in [0.717, 1.165) is 11.6 Å². The van der Waals surface area contributed by atoms with Crippen molar-refractivity contribution in [3.05, 3.63) is 98.0 Å². The van der Waals surface area contributed by atoms with Crippen molar-refractivity contribution in [1.29, 1.82) is 0 Å². The lowest BCUT2D eigenvalue weighted by Gasteiger charge is -2.26. The maximum absolute atomic E-state index is 13.1. The van der Waals surface area contributed by atoms with Gasteiger partial charge in [-0.25, -0.2) is 9.69 Å². The molecule has 1 aliphatic rings. The van der Waals surface area contributed by atoms with Gasteiger partial charge in [-0.2, -0.15) is 0 Å². The molecule has 1 saturated heterocycles. The lowest BCUT2D eigenvalue weighted by molar-refractivity contribution is -0.384. The van der Waals surface area contributed by atoms with Crippen LogP contribution in [0.15, 0.2) is 76.8 Å². The second kappa shape index (κ2) is 10.4. The molecule has 36 heavy (non-hydrogen) atoms. The average Bonchev–Trinajstić information content (AvgIpc) is 2.86. The Morgan fingerprint density at radius 1 is 1.06 bits per heavy atom. The van der Waals surface area contributed by atoms with Gasteiger partial charge in [0.1, 0.15) is 12.2 Å².